The van der Waals surface area contributed by atoms with Crippen molar-refractivity contribution in [2.45, 2.75) is 45.1 Å². The molecule has 1 rings (SSSR count). The highest BCUT2D eigenvalue weighted by atomic mass is 16.5. The molecule has 0 saturated heterocycles. The monoisotopic (exact) mass is 242 g/mol. The third kappa shape index (κ3) is 6.03. The van der Waals surface area contributed by atoms with Crippen molar-refractivity contribution < 1.29 is 9.53 Å². The molecule has 0 spiro atoms. The van der Waals surface area contributed by atoms with Gasteiger partial charge in [-0.3, -0.25) is 4.79 Å². The van der Waals surface area contributed by atoms with Crippen molar-refractivity contribution >= 4 is 5.91 Å². The fraction of sp³-hybridized carbons (Fsp3) is 0.923. The Bertz CT molecular complexity index is 215. The van der Waals surface area contributed by atoms with E-state index in [0.29, 0.717) is 6.10 Å². The van der Waals surface area contributed by atoms with Gasteiger partial charge in [-0.25, -0.2) is 0 Å². The van der Waals surface area contributed by atoms with Crippen LogP contribution in [-0.2, 0) is 9.53 Å². The molecule has 0 heterocycles. The summed E-state index contributed by atoms with van der Waals surface area (Å²) in [4.78, 5) is 11.6. The topological polar surface area (TPSA) is 50.4 Å². The zero-order chi connectivity index (χ0) is 12.5. The minimum absolute atomic E-state index is 0.0377. The molecule has 1 atom stereocenters. The van der Waals surface area contributed by atoms with Gasteiger partial charge < -0.3 is 15.4 Å². The van der Waals surface area contributed by atoms with Gasteiger partial charge in [0.1, 0.15) is 0 Å². The second kappa shape index (κ2) is 8.48. The summed E-state index contributed by atoms with van der Waals surface area (Å²) in [5.74, 6) is 0.163. The van der Waals surface area contributed by atoms with Crippen molar-refractivity contribution in [3.63, 3.8) is 0 Å². The van der Waals surface area contributed by atoms with Crippen LogP contribution in [0.4, 0.5) is 0 Å². The van der Waals surface area contributed by atoms with Gasteiger partial charge in [0.2, 0.25) is 5.91 Å². The first-order valence-corrected chi connectivity index (χ1v) is 6.78. The first-order chi connectivity index (χ1) is 8.24. The molecule has 100 valence electrons. The maximum atomic E-state index is 11.6. The number of carbonyl (C=O) groups excluding carboxylic acids is 1. The zero-order valence-corrected chi connectivity index (χ0v) is 11.1. The number of amides is 1. The summed E-state index contributed by atoms with van der Waals surface area (Å²) >= 11 is 0. The van der Waals surface area contributed by atoms with E-state index in [1.165, 1.54) is 25.7 Å². The number of rotatable bonds is 8. The molecule has 0 aromatic carbocycles. The normalized spacial score (nSPS) is 18.2. The van der Waals surface area contributed by atoms with Crippen LogP contribution in [0.25, 0.3) is 0 Å². The van der Waals surface area contributed by atoms with E-state index in [1.54, 1.807) is 0 Å². The summed E-state index contributed by atoms with van der Waals surface area (Å²) in [5, 5.41) is 5.94. The highest BCUT2D eigenvalue weighted by molar-refractivity contribution is 5.78. The van der Waals surface area contributed by atoms with E-state index in [2.05, 4.69) is 10.6 Å². The van der Waals surface area contributed by atoms with Crippen LogP contribution in [-0.4, -0.2) is 38.8 Å². The van der Waals surface area contributed by atoms with Crippen molar-refractivity contribution in [2.24, 2.45) is 5.92 Å². The summed E-state index contributed by atoms with van der Waals surface area (Å²) in [6, 6.07) is 0. The standard InChI is InChI=1S/C13H26N2O2/c1-11(10-14-2)13(16)15-8-5-9-17-12-6-3-4-7-12/h11-12,14H,3-10H2,1-2H3,(H,15,16). The van der Waals surface area contributed by atoms with Crippen molar-refractivity contribution in [1.82, 2.24) is 10.6 Å². The largest absolute Gasteiger partial charge is 0.378 e. The van der Waals surface area contributed by atoms with E-state index in [1.807, 2.05) is 14.0 Å². The molecule has 0 aromatic heterocycles. The van der Waals surface area contributed by atoms with E-state index < -0.39 is 0 Å². The number of carbonyl (C=O) groups is 1. The summed E-state index contributed by atoms with van der Waals surface area (Å²) in [7, 11) is 1.86. The van der Waals surface area contributed by atoms with Gasteiger partial charge in [0, 0.05) is 25.6 Å². The Kier molecular flexibility index (Phi) is 7.21. The minimum Gasteiger partial charge on any atom is -0.378 e. The molecule has 1 aliphatic carbocycles. The molecule has 4 heteroatoms. The Morgan fingerprint density at radius 1 is 1.41 bits per heavy atom. The summed E-state index contributed by atoms with van der Waals surface area (Å²) in [6.45, 7) is 4.15. The van der Waals surface area contributed by atoms with Gasteiger partial charge >= 0.3 is 0 Å². The number of ether oxygens (including phenoxy) is 1. The Labute approximate surface area is 104 Å². The maximum absolute atomic E-state index is 11.6. The molecule has 0 bridgehead atoms. The summed E-state index contributed by atoms with van der Waals surface area (Å²) in [6.07, 6.45) is 6.44. The minimum atomic E-state index is 0.0377. The lowest BCUT2D eigenvalue weighted by molar-refractivity contribution is -0.124. The zero-order valence-electron chi connectivity index (χ0n) is 11.1. The molecule has 1 saturated carbocycles. The SMILES string of the molecule is CNCC(C)C(=O)NCCCOC1CCCC1. The lowest BCUT2D eigenvalue weighted by Gasteiger charge is -2.13. The Morgan fingerprint density at radius 3 is 2.76 bits per heavy atom. The molecular formula is C13H26N2O2. The van der Waals surface area contributed by atoms with Gasteiger partial charge in [0.05, 0.1) is 6.10 Å². The van der Waals surface area contributed by atoms with Crippen molar-refractivity contribution in [2.75, 3.05) is 26.7 Å². The Balaban J connectivity index is 1.94. The van der Waals surface area contributed by atoms with Crippen molar-refractivity contribution in [3.05, 3.63) is 0 Å². The lowest BCUT2D eigenvalue weighted by Crippen LogP contribution is -2.35. The first-order valence-electron chi connectivity index (χ1n) is 6.78. The van der Waals surface area contributed by atoms with Gasteiger partial charge in [-0.1, -0.05) is 19.8 Å². The van der Waals surface area contributed by atoms with Gasteiger partial charge in [-0.15, -0.1) is 0 Å². The van der Waals surface area contributed by atoms with Crippen LogP contribution in [0, 0.1) is 5.92 Å². The van der Waals surface area contributed by atoms with E-state index in [-0.39, 0.29) is 11.8 Å². The molecule has 1 unspecified atom stereocenters. The van der Waals surface area contributed by atoms with Crippen molar-refractivity contribution in [1.29, 1.82) is 0 Å². The molecule has 1 fully saturated rings. The Morgan fingerprint density at radius 2 is 2.12 bits per heavy atom. The molecule has 2 N–H and O–H groups in total. The fourth-order valence-electron chi connectivity index (χ4n) is 2.16. The predicted octanol–water partition coefficient (Wildman–Crippen LogP) is 1.31. The first kappa shape index (κ1) is 14.5. The highest BCUT2D eigenvalue weighted by Gasteiger charge is 2.15. The average Bonchev–Trinajstić information content (AvgIpc) is 2.81. The van der Waals surface area contributed by atoms with Crippen LogP contribution >= 0.6 is 0 Å². The van der Waals surface area contributed by atoms with Crippen LogP contribution in [0.3, 0.4) is 0 Å². The van der Waals surface area contributed by atoms with Crippen LogP contribution in [0.5, 0.6) is 0 Å². The molecule has 0 aromatic rings. The van der Waals surface area contributed by atoms with E-state index in [9.17, 15) is 4.79 Å². The smallest absolute Gasteiger partial charge is 0.224 e. The molecule has 0 radical (unpaired) electrons. The van der Waals surface area contributed by atoms with Crippen LogP contribution in [0.15, 0.2) is 0 Å². The summed E-state index contributed by atoms with van der Waals surface area (Å²) in [5.41, 5.74) is 0. The van der Waals surface area contributed by atoms with E-state index in [0.717, 1.165) is 26.1 Å². The third-order valence-electron chi connectivity index (χ3n) is 3.23. The predicted molar refractivity (Wildman–Crippen MR) is 68.9 cm³/mol. The molecule has 17 heavy (non-hydrogen) atoms. The van der Waals surface area contributed by atoms with Crippen LogP contribution in [0.2, 0.25) is 0 Å². The molecule has 4 nitrogen and oxygen atoms in total. The van der Waals surface area contributed by atoms with Gasteiger partial charge in [0.25, 0.3) is 0 Å². The molecule has 0 aliphatic heterocycles. The summed E-state index contributed by atoms with van der Waals surface area (Å²) < 4.78 is 5.73. The molecular weight excluding hydrogens is 216 g/mol. The van der Waals surface area contributed by atoms with Crippen molar-refractivity contribution in [3.8, 4) is 0 Å². The van der Waals surface area contributed by atoms with Crippen LogP contribution < -0.4 is 10.6 Å². The average molecular weight is 242 g/mol. The second-order valence-electron chi connectivity index (χ2n) is 4.88. The molecule has 1 amide bonds. The van der Waals surface area contributed by atoms with E-state index in [4.69, 9.17) is 4.74 Å². The highest BCUT2D eigenvalue weighted by Crippen LogP contribution is 2.20. The number of hydrogen-bond donors (Lipinski definition) is 2. The van der Waals surface area contributed by atoms with Gasteiger partial charge in [-0.05, 0) is 26.3 Å². The van der Waals surface area contributed by atoms with E-state index >= 15 is 0 Å². The van der Waals surface area contributed by atoms with Crippen LogP contribution in [0.1, 0.15) is 39.0 Å². The van der Waals surface area contributed by atoms with Gasteiger partial charge in [0.15, 0.2) is 0 Å². The number of nitrogens with one attached hydrogen (secondary N) is 2. The quantitative estimate of drug-likeness (QED) is 0.631. The molecule has 1 aliphatic rings. The fourth-order valence-corrected chi connectivity index (χ4v) is 2.16. The Hall–Kier alpha value is -0.610. The number of hydrogen-bond acceptors (Lipinski definition) is 3. The third-order valence-corrected chi connectivity index (χ3v) is 3.23. The second-order valence-corrected chi connectivity index (χ2v) is 4.88. The van der Waals surface area contributed by atoms with Gasteiger partial charge in [-0.2, -0.15) is 0 Å². The maximum Gasteiger partial charge on any atom is 0.224 e. The lowest BCUT2D eigenvalue weighted by atomic mass is 10.1.